The molecule has 7 nitrogen and oxygen atoms in total. The maximum atomic E-state index is 13.4. The lowest BCUT2D eigenvalue weighted by atomic mass is 9.99. The molecule has 0 atom stereocenters. The second-order valence-corrected chi connectivity index (χ2v) is 7.52. The normalized spacial score (nSPS) is 13.7. The first-order chi connectivity index (χ1) is 15.4. The van der Waals surface area contributed by atoms with E-state index in [1.54, 1.807) is 37.4 Å². The van der Waals surface area contributed by atoms with Crippen LogP contribution < -0.4 is 14.8 Å². The summed E-state index contributed by atoms with van der Waals surface area (Å²) in [5.74, 6) is 0.807. The van der Waals surface area contributed by atoms with Gasteiger partial charge in [-0.25, -0.2) is 0 Å². The van der Waals surface area contributed by atoms with Crippen LogP contribution in [0.4, 0.5) is 5.69 Å². The highest BCUT2D eigenvalue weighted by atomic mass is 16.5. The lowest BCUT2D eigenvalue weighted by Gasteiger charge is -2.15. The molecular formula is C25H24N2O5. The molecular weight excluding hydrogens is 408 g/mol. The van der Waals surface area contributed by atoms with Crippen LogP contribution in [0.25, 0.3) is 5.57 Å². The van der Waals surface area contributed by atoms with Crippen molar-refractivity contribution < 1.29 is 23.5 Å². The number of carbonyl (C=O) groups is 2. The van der Waals surface area contributed by atoms with Crippen LogP contribution in [0.15, 0.2) is 64.9 Å². The summed E-state index contributed by atoms with van der Waals surface area (Å²) in [7, 11) is 3.09. The Bertz CT molecular complexity index is 1210. The smallest absolute Gasteiger partial charge is 0.278 e. The fraction of sp³-hybridized carbons (Fsp3) is 0.200. The van der Waals surface area contributed by atoms with E-state index in [4.69, 9.17) is 13.9 Å². The Hall–Kier alpha value is -4.00. The zero-order valence-electron chi connectivity index (χ0n) is 18.4. The van der Waals surface area contributed by atoms with Gasteiger partial charge in [-0.3, -0.25) is 14.5 Å². The molecule has 2 heterocycles. The molecule has 0 radical (unpaired) electrons. The van der Waals surface area contributed by atoms with Crippen molar-refractivity contribution in [2.75, 3.05) is 19.5 Å². The number of benzene rings is 2. The predicted molar refractivity (Wildman–Crippen MR) is 120 cm³/mol. The molecule has 0 fully saturated rings. The minimum Gasteiger partial charge on any atom is -0.497 e. The average Bonchev–Trinajstić information content (AvgIpc) is 3.39. The number of hydrogen-bond acceptors (Lipinski definition) is 6. The minimum atomic E-state index is -0.433. The molecule has 0 saturated carbocycles. The lowest BCUT2D eigenvalue weighted by molar-refractivity contribution is -0.137. The van der Waals surface area contributed by atoms with Crippen LogP contribution in [0.2, 0.25) is 0 Å². The van der Waals surface area contributed by atoms with Crippen LogP contribution >= 0.6 is 0 Å². The van der Waals surface area contributed by atoms with E-state index in [2.05, 4.69) is 5.32 Å². The largest absolute Gasteiger partial charge is 0.497 e. The topological polar surface area (TPSA) is 81.0 Å². The third-order valence-corrected chi connectivity index (χ3v) is 5.53. The van der Waals surface area contributed by atoms with Crippen molar-refractivity contribution in [1.29, 1.82) is 0 Å². The molecule has 1 aliphatic rings. The second-order valence-electron chi connectivity index (χ2n) is 7.52. The fourth-order valence-electron chi connectivity index (χ4n) is 3.60. The number of furan rings is 1. The van der Waals surface area contributed by atoms with Crippen LogP contribution in [-0.2, 0) is 16.1 Å². The van der Waals surface area contributed by atoms with E-state index in [0.29, 0.717) is 34.1 Å². The Morgan fingerprint density at radius 3 is 2.41 bits per heavy atom. The van der Waals surface area contributed by atoms with Gasteiger partial charge < -0.3 is 19.2 Å². The van der Waals surface area contributed by atoms with Gasteiger partial charge in [0.15, 0.2) is 0 Å². The van der Waals surface area contributed by atoms with Gasteiger partial charge in [0, 0.05) is 6.07 Å². The average molecular weight is 432 g/mol. The van der Waals surface area contributed by atoms with E-state index in [1.165, 1.54) is 18.3 Å². The van der Waals surface area contributed by atoms with Gasteiger partial charge >= 0.3 is 0 Å². The molecule has 2 aromatic carbocycles. The molecule has 1 N–H and O–H groups in total. The van der Waals surface area contributed by atoms with Gasteiger partial charge in [-0.05, 0) is 54.8 Å². The summed E-state index contributed by atoms with van der Waals surface area (Å²) in [6.07, 6.45) is 1.51. The van der Waals surface area contributed by atoms with E-state index in [0.717, 1.165) is 11.1 Å². The zero-order chi connectivity index (χ0) is 22.8. The maximum absolute atomic E-state index is 13.4. The van der Waals surface area contributed by atoms with Crippen molar-refractivity contribution in [2.24, 2.45) is 0 Å². The monoisotopic (exact) mass is 432 g/mol. The molecule has 0 unspecified atom stereocenters. The molecule has 3 aromatic rings. The third kappa shape index (κ3) is 3.85. The van der Waals surface area contributed by atoms with Crippen molar-refractivity contribution in [3.8, 4) is 11.5 Å². The quantitative estimate of drug-likeness (QED) is 0.561. The Labute approximate surface area is 186 Å². The first-order valence-electron chi connectivity index (χ1n) is 10.1. The van der Waals surface area contributed by atoms with Gasteiger partial charge in [-0.1, -0.05) is 18.2 Å². The first-order valence-corrected chi connectivity index (χ1v) is 10.1. The van der Waals surface area contributed by atoms with E-state index in [1.807, 2.05) is 32.0 Å². The molecule has 2 amide bonds. The molecule has 1 aliphatic heterocycles. The number of ether oxygens (including phenoxy) is 2. The van der Waals surface area contributed by atoms with Gasteiger partial charge in [0.05, 0.1) is 38.3 Å². The van der Waals surface area contributed by atoms with E-state index < -0.39 is 5.91 Å². The summed E-state index contributed by atoms with van der Waals surface area (Å²) in [6, 6.07) is 14.4. The Morgan fingerprint density at radius 1 is 0.938 bits per heavy atom. The van der Waals surface area contributed by atoms with Crippen LogP contribution in [0.5, 0.6) is 11.5 Å². The number of imide groups is 1. The second kappa shape index (κ2) is 8.63. The molecule has 0 bridgehead atoms. The van der Waals surface area contributed by atoms with Gasteiger partial charge in [0.2, 0.25) is 0 Å². The number of rotatable bonds is 7. The van der Waals surface area contributed by atoms with Gasteiger partial charge in [0.1, 0.15) is 23.0 Å². The van der Waals surface area contributed by atoms with Crippen LogP contribution in [0, 0.1) is 13.8 Å². The third-order valence-electron chi connectivity index (χ3n) is 5.53. The van der Waals surface area contributed by atoms with Gasteiger partial charge in [-0.2, -0.15) is 0 Å². The van der Waals surface area contributed by atoms with Crippen molar-refractivity contribution >= 4 is 23.1 Å². The Morgan fingerprint density at radius 2 is 1.75 bits per heavy atom. The summed E-state index contributed by atoms with van der Waals surface area (Å²) >= 11 is 0. The molecule has 4 rings (SSSR count). The maximum Gasteiger partial charge on any atom is 0.278 e. The fourth-order valence-corrected chi connectivity index (χ4v) is 3.60. The molecule has 7 heteroatoms. The van der Waals surface area contributed by atoms with Gasteiger partial charge in [-0.15, -0.1) is 0 Å². The molecule has 164 valence electrons. The highest BCUT2D eigenvalue weighted by molar-refractivity contribution is 6.36. The number of aryl methyl sites for hydroxylation is 2. The molecule has 0 spiro atoms. The Balaban J connectivity index is 1.79. The van der Waals surface area contributed by atoms with Gasteiger partial charge in [0.25, 0.3) is 11.8 Å². The van der Waals surface area contributed by atoms with Crippen molar-refractivity contribution in [2.45, 2.75) is 20.4 Å². The van der Waals surface area contributed by atoms with Crippen LogP contribution in [-0.4, -0.2) is 30.9 Å². The number of nitrogens with one attached hydrogen (secondary N) is 1. The minimum absolute atomic E-state index is 0.0456. The van der Waals surface area contributed by atoms with E-state index in [9.17, 15) is 9.59 Å². The van der Waals surface area contributed by atoms with Crippen molar-refractivity contribution in [1.82, 2.24) is 4.90 Å². The SMILES string of the molecule is COc1ccc(NC2=C(c3ccc(C)c(C)c3)C(=O)N(Cc3ccco3)C2=O)c(OC)c1. The number of amides is 2. The molecule has 32 heavy (non-hydrogen) atoms. The van der Waals surface area contributed by atoms with E-state index in [-0.39, 0.29) is 18.1 Å². The zero-order valence-corrected chi connectivity index (χ0v) is 18.4. The predicted octanol–water partition coefficient (Wildman–Crippen LogP) is 4.31. The summed E-state index contributed by atoms with van der Waals surface area (Å²) in [5, 5.41) is 3.14. The summed E-state index contributed by atoms with van der Waals surface area (Å²) in [4.78, 5) is 28.0. The summed E-state index contributed by atoms with van der Waals surface area (Å²) < 4.78 is 16.1. The highest BCUT2D eigenvalue weighted by Gasteiger charge is 2.40. The van der Waals surface area contributed by atoms with Crippen LogP contribution in [0.3, 0.4) is 0 Å². The van der Waals surface area contributed by atoms with Crippen molar-refractivity contribution in [3.63, 3.8) is 0 Å². The summed E-state index contributed by atoms with van der Waals surface area (Å²) in [6.45, 7) is 4.02. The number of anilines is 1. The summed E-state index contributed by atoms with van der Waals surface area (Å²) in [5.41, 5.74) is 3.84. The number of carbonyl (C=O) groups excluding carboxylic acids is 2. The molecule has 0 saturated heterocycles. The molecule has 1 aromatic heterocycles. The number of nitrogens with zero attached hydrogens (tertiary/aromatic N) is 1. The number of methoxy groups -OCH3 is 2. The number of hydrogen-bond donors (Lipinski definition) is 1. The van der Waals surface area contributed by atoms with Crippen LogP contribution in [0.1, 0.15) is 22.5 Å². The highest BCUT2D eigenvalue weighted by Crippen LogP contribution is 2.36. The first kappa shape index (κ1) is 21.2. The lowest BCUT2D eigenvalue weighted by Crippen LogP contribution is -2.31. The molecule has 0 aliphatic carbocycles. The standard InChI is InChI=1S/C25H24N2O5/c1-15-7-8-17(12-16(15)2)22-23(26-20-10-9-18(30-3)13-21(20)31-4)25(29)27(24(22)28)14-19-6-5-11-32-19/h5-13,26H,14H2,1-4H3. The van der Waals surface area contributed by atoms with E-state index >= 15 is 0 Å². The Kier molecular flexibility index (Phi) is 5.73. The van der Waals surface area contributed by atoms with Crippen molar-refractivity contribution in [3.05, 3.63) is 82.9 Å².